The highest BCUT2D eigenvalue weighted by molar-refractivity contribution is 5.67. The van der Waals surface area contributed by atoms with Gasteiger partial charge < -0.3 is 14.9 Å². The lowest BCUT2D eigenvalue weighted by atomic mass is 9.49. The molecule has 3 aliphatic rings. The second-order valence-electron chi connectivity index (χ2n) is 6.23. The lowest BCUT2D eigenvalue weighted by Gasteiger charge is -2.63. The van der Waals surface area contributed by atoms with Crippen molar-refractivity contribution < 1.29 is 19.7 Å². The number of aliphatic hydroxyl groups is 2. The van der Waals surface area contributed by atoms with Crippen molar-refractivity contribution in [1.29, 1.82) is 0 Å². The predicted molar refractivity (Wildman–Crippen MR) is 64.8 cm³/mol. The maximum atomic E-state index is 11.4. The summed E-state index contributed by atoms with van der Waals surface area (Å²) >= 11 is 0. The van der Waals surface area contributed by atoms with Crippen molar-refractivity contribution in [2.45, 2.75) is 69.2 Å². The first-order valence-electron chi connectivity index (χ1n) is 7.12. The molecule has 102 valence electrons. The number of carbonyl (C=O) groups excluding carboxylic acids is 1. The Labute approximate surface area is 107 Å². The number of hydrogen-bond acceptors (Lipinski definition) is 4. The predicted octanol–water partition coefficient (Wildman–Crippen LogP) is 1.38. The van der Waals surface area contributed by atoms with Crippen molar-refractivity contribution in [3.8, 4) is 0 Å². The van der Waals surface area contributed by atoms with E-state index in [2.05, 4.69) is 0 Å². The zero-order valence-corrected chi connectivity index (χ0v) is 10.9. The van der Waals surface area contributed by atoms with Crippen molar-refractivity contribution >= 4 is 5.97 Å². The highest BCUT2D eigenvalue weighted by Gasteiger charge is 2.75. The van der Waals surface area contributed by atoms with E-state index in [0.29, 0.717) is 6.42 Å². The maximum absolute atomic E-state index is 11.4. The van der Waals surface area contributed by atoms with Crippen LogP contribution in [0, 0.1) is 11.8 Å². The Morgan fingerprint density at radius 2 is 1.78 bits per heavy atom. The molecule has 3 saturated carbocycles. The summed E-state index contributed by atoms with van der Waals surface area (Å²) in [4.78, 5) is 11.4. The molecule has 3 fully saturated rings. The first kappa shape index (κ1) is 12.4. The van der Waals surface area contributed by atoms with E-state index in [0.717, 1.165) is 38.5 Å². The third-order valence-electron chi connectivity index (χ3n) is 5.44. The molecule has 2 N–H and O–H groups in total. The Morgan fingerprint density at radius 3 is 2.44 bits per heavy atom. The van der Waals surface area contributed by atoms with E-state index in [-0.39, 0.29) is 17.8 Å². The van der Waals surface area contributed by atoms with Gasteiger partial charge in [-0.25, -0.2) is 0 Å². The first-order chi connectivity index (χ1) is 8.52. The molecule has 0 bridgehead atoms. The van der Waals surface area contributed by atoms with Crippen LogP contribution in [0.4, 0.5) is 0 Å². The van der Waals surface area contributed by atoms with Crippen LogP contribution in [0.2, 0.25) is 0 Å². The SMILES string of the molecule is CC(=O)O[C@@]12CCC[C@H]1[C@]1(O)[C@H](O)CCCC[C@@H]21. The zero-order valence-electron chi connectivity index (χ0n) is 10.9. The molecule has 5 atom stereocenters. The summed E-state index contributed by atoms with van der Waals surface area (Å²) in [6, 6.07) is 0. The van der Waals surface area contributed by atoms with Crippen LogP contribution in [-0.2, 0) is 9.53 Å². The van der Waals surface area contributed by atoms with Gasteiger partial charge in [-0.05, 0) is 32.1 Å². The van der Waals surface area contributed by atoms with E-state index in [9.17, 15) is 15.0 Å². The van der Waals surface area contributed by atoms with Gasteiger partial charge >= 0.3 is 5.97 Å². The molecular weight excluding hydrogens is 232 g/mol. The molecule has 0 aromatic heterocycles. The van der Waals surface area contributed by atoms with Gasteiger partial charge in [0.05, 0.1) is 6.10 Å². The quantitative estimate of drug-likeness (QED) is 0.694. The van der Waals surface area contributed by atoms with E-state index in [1.54, 1.807) is 0 Å². The van der Waals surface area contributed by atoms with Crippen LogP contribution in [0.15, 0.2) is 0 Å². The number of carbonyl (C=O) groups is 1. The minimum absolute atomic E-state index is 0.0630. The van der Waals surface area contributed by atoms with Crippen LogP contribution in [0.5, 0.6) is 0 Å². The molecule has 0 spiro atoms. The minimum Gasteiger partial charge on any atom is -0.458 e. The van der Waals surface area contributed by atoms with Crippen LogP contribution in [0.1, 0.15) is 51.9 Å². The summed E-state index contributed by atoms with van der Waals surface area (Å²) in [5.74, 6) is -0.395. The van der Waals surface area contributed by atoms with Crippen molar-refractivity contribution in [1.82, 2.24) is 0 Å². The summed E-state index contributed by atoms with van der Waals surface area (Å²) in [7, 11) is 0. The third kappa shape index (κ3) is 1.36. The number of esters is 1. The van der Waals surface area contributed by atoms with E-state index < -0.39 is 17.3 Å². The highest BCUT2D eigenvalue weighted by Crippen LogP contribution is 2.66. The van der Waals surface area contributed by atoms with Gasteiger partial charge in [0.2, 0.25) is 0 Å². The molecular formula is C14H22O4. The van der Waals surface area contributed by atoms with Crippen LogP contribution >= 0.6 is 0 Å². The van der Waals surface area contributed by atoms with E-state index in [4.69, 9.17) is 4.74 Å². The minimum atomic E-state index is -1.01. The Bertz CT molecular complexity index is 369. The summed E-state index contributed by atoms with van der Waals surface area (Å²) in [6.45, 7) is 1.44. The molecule has 3 rings (SSSR count). The molecule has 0 radical (unpaired) electrons. The van der Waals surface area contributed by atoms with Crippen LogP contribution in [0.3, 0.4) is 0 Å². The average molecular weight is 254 g/mol. The van der Waals surface area contributed by atoms with Gasteiger partial charge in [-0.2, -0.15) is 0 Å². The van der Waals surface area contributed by atoms with Gasteiger partial charge in [0.1, 0.15) is 11.2 Å². The normalized spacial score (nSPS) is 50.7. The van der Waals surface area contributed by atoms with Crippen molar-refractivity contribution in [2.75, 3.05) is 0 Å². The number of ether oxygens (including phenoxy) is 1. The van der Waals surface area contributed by atoms with Gasteiger partial charge in [-0.3, -0.25) is 4.79 Å². The number of hydrogen-bond donors (Lipinski definition) is 2. The highest BCUT2D eigenvalue weighted by atomic mass is 16.6. The summed E-state index contributed by atoms with van der Waals surface area (Å²) < 4.78 is 5.63. The fourth-order valence-electron chi connectivity index (χ4n) is 4.90. The second kappa shape index (κ2) is 3.94. The lowest BCUT2D eigenvalue weighted by molar-refractivity contribution is -0.312. The van der Waals surface area contributed by atoms with Crippen molar-refractivity contribution in [3.63, 3.8) is 0 Å². The number of aliphatic hydroxyl groups excluding tert-OH is 1. The Kier molecular flexibility index (Phi) is 2.72. The molecule has 3 aliphatic carbocycles. The van der Waals surface area contributed by atoms with Gasteiger partial charge in [0.25, 0.3) is 0 Å². The van der Waals surface area contributed by atoms with Crippen molar-refractivity contribution in [3.05, 3.63) is 0 Å². The molecule has 0 unspecified atom stereocenters. The van der Waals surface area contributed by atoms with Gasteiger partial charge in [0, 0.05) is 18.8 Å². The molecule has 0 aliphatic heterocycles. The van der Waals surface area contributed by atoms with Crippen LogP contribution in [-0.4, -0.2) is 33.5 Å². The maximum Gasteiger partial charge on any atom is 0.303 e. The summed E-state index contributed by atoms with van der Waals surface area (Å²) in [5.41, 5.74) is -1.49. The van der Waals surface area contributed by atoms with Crippen molar-refractivity contribution in [2.24, 2.45) is 11.8 Å². The molecule has 4 heteroatoms. The molecule has 0 aromatic rings. The van der Waals surface area contributed by atoms with Gasteiger partial charge in [0.15, 0.2) is 0 Å². The Balaban J connectivity index is 1.94. The van der Waals surface area contributed by atoms with Gasteiger partial charge in [-0.15, -0.1) is 0 Å². The Hall–Kier alpha value is -0.610. The zero-order chi connectivity index (χ0) is 13.0. The number of rotatable bonds is 1. The monoisotopic (exact) mass is 254 g/mol. The molecule has 0 heterocycles. The fourth-order valence-corrected chi connectivity index (χ4v) is 4.90. The van der Waals surface area contributed by atoms with Crippen LogP contribution < -0.4 is 0 Å². The standard InChI is InChI=1S/C14H22O4/c1-9(15)18-13-8-4-6-11(13)14(17)10(13)5-2-3-7-12(14)16/h10-12,16-17H,2-8H2,1H3/t10-,11+,12+,13+,14-/m0/s1. The largest absolute Gasteiger partial charge is 0.458 e. The molecule has 18 heavy (non-hydrogen) atoms. The second-order valence-corrected chi connectivity index (χ2v) is 6.23. The molecule has 0 saturated heterocycles. The molecule has 4 nitrogen and oxygen atoms in total. The van der Waals surface area contributed by atoms with E-state index >= 15 is 0 Å². The molecule has 0 aromatic carbocycles. The van der Waals surface area contributed by atoms with Crippen LogP contribution in [0.25, 0.3) is 0 Å². The molecule has 0 amide bonds. The Morgan fingerprint density at radius 1 is 1.17 bits per heavy atom. The summed E-state index contributed by atoms with van der Waals surface area (Å²) in [5, 5.41) is 21.1. The number of fused-ring (bicyclic) bond motifs is 4. The first-order valence-corrected chi connectivity index (χ1v) is 7.12. The topological polar surface area (TPSA) is 66.8 Å². The third-order valence-corrected chi connectivity index (χ3v) is 5.44. The van der Waals surface area contributed by atoms with Gasteiger partial charge in [-0.1, -0.05) is 12.8 Å². The lowest BCUT2D eigenvalue weighted by Crippen LogP contribution is -2.76. The average Bonchev–Trinajstić information content (AvgIpc) is 2.61. The summed E-state index contributed by atoms with van der Waals surface area (Å²) in [6.07, 6.45) is 5.49. The van der Waals surface area contributed by atoms with E-state index in [1.165, 1.54) is 6.92 Å². The smallest absolute Gasteiger partial charge is 0.303 e. The fraction of sp³-hybridized carbons (Fsp3) is 0.929. The van der Waals surface area contributed by atoms with E-state index in [1.807, 2.05) is 0 Å².